The summed E-state index contributed by atoms with van der Waals surface area (Å²) in [5.74, 6) is 4.03. The number of nitrogens with zero attached hydrogens (tertiary/aromatic N) is 4. The zero-order valence-electron chi connectivity index (χ0n) is 7.58. The lowest BCUT2D eigenvalue weighted by Crippen LogP contribution is -2.00. The molecule has 0 spiro atoms. The molecule has 1 rings (SSSR count). The Kier molecular flexibility index (Phi) is 3.71. The number of azide groups is 1. The van der Waals surface area contributed by atoms with Crippen LogP contribution >= 0.6 is 0 Å². The van der Waals surface area contributed by atoms with Crippen molar-refractivity contribution in [3.8, 4) is 11.8 Å². The molecule has 0 radical (unpaired) electrons. The van der Waals surface area contributed by atoms with Gasteiger partial charge >= 0.3 is 5.97 Å². The van der Waals surface area contributed by atoms with Gasteiger partial charge in [-0.1, -0.05) is 17.0 Å². The minimum absolute atomic E-state index is 0.00442. The van der Waals surface area contributed by atoms with Gasteiger partial charge in [-0.15, -0.1) is 0 Å². The lowest BCUT2D eigenvalue weighted by molar-refractivity contribution is 0.0696. The van der Waals surface area contributed by atoms with Crippen molar-refractivity contribution >= 4 is 5.97 Å². The van der Waals surface area contributed by atoms with E-state index in [0.717, 1.165) is 0 Å². The van der Waals surface area contributed by atoms with Crippen LogP contribution in [0.2, 0.25) is 0 Å². The van der Waals surface area contributed by atoms with Crippen molar-refractivity contribution in [1.29, 1.82) is 0 Å². The van der Waals surface area contributed by atoms with Crippen molar-refractivity contribution in [2.45, 2.75) is 0 Å². The molecule has 74 valence electrons. The molecule has 1 aromatic heterocycles. The van der Waals surface area contributed by atoms with Crippen molar-refractivity contribution in [3.05, 3.63) is 40.0 Å². The van der Waals surface area contributed by atoms with Gasteiger partial charge in [-0.25, -0.2) is 4.79 Å². The van der Waals surface area contributed by atoms with Gasteiger partial charge in [-0.2, -0.15) is 0 Å². The second kappa shape index (κ2) is 5.27. The normalized spacial score (nSPS) is 8.27. The molecular weight excluding hydrogens is 196 g/mol. The molecule has 15 heavy (non-hydrogen) atoms. The summed E-state index contributed by atoms with van der Waals surface area (Å²) >= 11 is 0. The van der Waals surface area contributed by atoms with E-state index in [1.165, 1.54) is 18.5 Å². The van der Waals surface area contributed by atoms with Crippen LogP contribution in [-0.4, -0.2) is 22.6 Å². The number of rotatable bonds is 2. The number of aromatic nitrogens is 1. The summed E-state index contributed by atoms with van der Waals surface area (Å²) in [7, 11) is 0. The third kappa shape index (κ3) is 3.03. The third-order valence-electron chi connectivity index (χ3n) is 1.49. The first kappa shape index (κ1) is 10.6. The van der Waals surface area contributed by atoms with Gasteiger partial charge < -0.3 is 5.11 Å². The highest BCUT2D eigenvalue weighted by molar-refractivity contribution is 5.90. The Balaban J connectivity index is 2.96. The van der Waals surface area contributed by atoms with Gasteiger partial charge in [-0.3, -0.25) is 4.98 Å². The number of hydrogen-bond acceptors (Lipinski definition) is 3. The number of carboxylic acids is 1. The second-order valence-corrected chi connectivity index (χ2v) is 2.42. The van der Waals surface area contributed by atoms with Gasteiger partial charge in [-0.05, 0) is 11.6 Å². The molecule has 0 aromatic carbocycles. The number of hydrogen-bond donors (Lipinski definition) is 1. The zero-order chi connectivity index (χ0) is 11.1. The minimum Gasteiger partial charge on any atom is -0.478 e. The molecular formula is C9H6N4O2. The van der Waals surface area contributed by atoms with Gasteiger partial charge in [0.05, 0.1) is 17.7 Å². The molecule has 0 fully saturated rings. The van der Waals surface area contributed by atoms with E-state index in [4.69, 9.17) is 10.6 Å². The molecule has 0 amide bonds. The minimum atomic E-state index is -1.06. The lowest BCUT2D eigenvalue weighted by Gasteiger charge is -1.95. The van der Waals surface area contributed by atoms with Crippen LogP contribution in [0.15, 0.2) is 23.6 Å². The fourth-order valence-electron chi connectivity index (χ4n) is 0.882. The summed E-state index contributed by atoms with van der Waals surface area (Å²) in [6.07, 6.45) is 2.73. The van der Waals surface area contributed by atoms with E-state index in [-0.39, 0.29) is 12.1 Å². The number of pyridine rings is 1. The number of carboxylic acid groups (broad SMARTS) is 1. The maximum Gasteiger partial charge on any atom is 0.337 e. The highest BCUT2D eigenvalue weighted by Crippen LogP contribution is 2.04. The first-order valence-electron chi connectivity index (χ1n) is 3.92. The third-order valence-corrected chi connectivity index (χ3v) is 1.49. The van der Waals surface area contributed by atoms with Gasteiger partial charge in [0.15, 0.2) is 0 Å². The molecule has 1 aromatic rings. The molecule has 0 saturated carbocycles. The van der Waals surface area contributed by atoms with Gasteiger partial charge in [0.25, 0.3) is 0 Å². The van der Waals surface area contributed by atoms with Gasteiger partial charge in [0.1, 0.15) is 0 Å². The van der Waals surface area contributed by atoms with Crippen LogP contribution < -0.4 is 0 Å². The van der Waals surface area contributed by atoms with Crippen LogP contribution in [0, 0.1) is 11.8 Å². The average Bonchev–Trinajstić information content (AvgIpc) is 2.25. The van der Waals surface area contributed by atoms with Crippen molar-refractivity contribution < 1.29 is 9.90 Å². The predicted octanol–water partition coefficient (Wildman–Crippen LogP) is 1.44. The van der Waals surface area contributed by atoms with Crippen LogP contribution in [-0.2, 0) is 0 Å². The number of aromatic carboxylic acids is 1. The van der Waals surface area contributed by atoms with Crippen LogP contribution in [0.25, 0.3) is 10.4 Å². The first-order chi connectivity index (χ1) is 7.25. The van der Waals surface area contributed by atoms with Crippen LogP contribution in [0.4, 0.5) is 0 Å². The SMILES string of the molecule is [N-]=[N+]=NCC#Cc1cnccc1C(=O)O. The van der Waals surface area contributed by atoms with Gasteiger partial charge in [0.2, 0.25) is 0 Å². The molecule has 1 heterocycles. The summed E-state index contributed by atoms with van der Waals surface area (Å²) in [6.45, 7) is 0.00442. The standard InChI is InChI=1S/C9H6N4O2/c10-13-12-4-1-2-7-6-11-5-3-8(7)9(14)15/h3,5-6H,4H2,(H,14,15). The van der Waals surface area contributed by atoms with Crippen molar-refractivity contribution in [1.82, 2.24) is 4.98 Å². The van der Waals surface area contributed by atoms with E-state index < -0.39 is 5.97 Å². The van der Waals surface area contributed by atoms with Gasteiger partial charge in [0, 0.05) is 17.3 Å². The molecule has 0 bridgehead atoms. The molecule has 0 aliphatic heterocycles. The molecule has 6 nitrogen and oxygen atoms in total. The molecule has 0 unspecified atom stereocenters. The summed E-state index contributed by atoms with van der Waals surface area (Å²) in [4.78, 5) is 17.0. The number of carbonyl (C=O) groups is 1. The van der Waals surface area contributed by atoms with E-state index >= 15 is 0 Å². The predicted molar refractivity (Wildman–Crippen MR) is 52.1 cm³/mol. The Morgan fingerprint density at radius 1 is 1.73 bits per heavy atom. The molecule has 0 atom stereocenters. The van der Waals surface area contributed by atoms with Crippen LogP contribution in [0.5, 0.6) is 0 Å². The summed E-state index contributed by atoms with van der Waals surface area (Å²) in [5, 5.41) is 12.0. The largest absolute Gasteiger partial charge is 0.478 e. The van der Waals surface area contributed by atoms with E-state index in [9.17, 15) is 4.79 Å². The van der Waals surface area contributed by atoms with Crippen molar-refractivity contribution in [2.75, 3.05) is 6.54 Å². The quantitative estimate of drug-likeness (QED) is 0.340. The van der Waals surface area contributed by atoms with Crippen molar-refractivity contribution in [3.63, 3.8) is 0 Å². The molecule has 0 aliphatic carbocycles. The fourth-order valence-corrected chi connectivity index (χ4v) is 0.882. The van der Waals surface area contributed by atoms with E-state index in [1.54, 1.807) is 0 Å². The fraction of sp³-hybridized carbons (Fsp3) is 0.111. The first-order valence-corrected chi connectivity index (χ1v) is 3.92. The Bertz CT molecular complexity index is 480. The summed E-state index contributed by atoms with van der Waals surface area (Å²) < 4.78 is 0. The molecule has 0 aliphatic rings. The monoisotopic (exact) mass is 202 g/mol. The summed E-state index contributed by atoms with van der Waals surface area (Å²) in [6, 6.07) is 1.36. The van der Waals surface area contributed by atoms with E-state index in [0.29, 0.717) is 5.56 Å². The highest BCUT2D eigenvalue weighted by Gasteiger charge is 2.06. The topological polar surface area (TPSA) is 99.0 Å². The molecule has 1 N–H and O–H groups in total. The van der Waals surface area contributed by atoms with E-state index in [2.05, 4.69) is 26.9 Å². The molecule has 0 saturated heterocycles. The average molecular weight is 202 g/mol. The van der Waals surface area contributed by atoms with E-state index in [1.807, 2.05) is 0 Å². The maximum atomic E-state index is 10.7. The zero-order valence-corrected chi connectivity index (χ0v) is 7.58. The van der Waals surface area contributed by atoms with Crippen LogP contribution in [0.1, 0.15) is 15.9 Å². The Labute approximate surface area is 85.2 Å². The van der Waals surface area contributed by atoms with Crippen LogP contribution in [0.3, 0.4) is 0 Å². The van der Waals surface area contributed by atoms with Crippen molar-refractivity contribution in [2.24, 2.45) is 5.11 Å². The Morgan fingerprint density at radius 3 is 3.20 bits per heavy atom. The Morgan fingerprint density at radius 2 is 2.53 bits per heavy atom. The second-order valence-electron chi connectivity index (χ2n) is 2.42. The maximum absolute atomic E-state index is 10.7. The lowest BCUT2D eigenvalue weighted by atomic mass is 10.1. The molecule has 6 heteroatoms. The smallest absolute Gasteiger partial charge is 0.337 e. The summed E-state index contributed by atoms with van der Waals surface area (Å²) in [5.41, 5.74) is 8.38. The highest BCUT2D eigenvalue weighted by atomic mass is 16.4. The Hall–Kier alpha value is -2.51.